The summed E-state index contributed by atoms with van der Waals surface area (Å²) in [4.78, 5) is 12.7. The quantitative estimate of drug-likeness (QED) is 0.646. The molecule has 2 unspecified atom stereocenters. The lowest BCUT2D eigenvalue weighted by Crippen LogP contribution is -2.32. The second kappa shape index (κ2) is 6.56. The molecule has 2 aromatic carbocycles. The number of aliphatic hydroxyl groups is 1. The van der Waals surface area contributed by atoms with Crippen molar-refractivity contribution in [3.63, 3.8) is 0 Å². The van der Waals surface area contributed by atoms with Crippen LogP contribution in [0.5, 0.6) is 23.0 Å². The van der Waals surface area contributed by atoms with E-state index in [1.165, 1.54) is 7.11 Å². The standard InChI is InChI=1S/C22H22O6/c1-22(2)10-9-14-15(28-22)11-16-18(20(14)26-4)19(23)17(21(24)27-16)12-5-7-13(25-3)8-6-12/h5-11,17,19,23H,1-4H3. The predicted octanol–water partition coefficient (Wildman–Crippen LogP) is 3.62. The molecule has 4 rings (SSSR count). The number of fused-ring (bicyclic) bond motifs is 2. The molecule has 0 aromatic heterocycles. The zero-order chi connectivity index (χ0) is 20.1. The zero-order valence-electron chi connectivity index (χ0n) is 16.2. The molecule has 0 saturated carbocycles. The minimum absolute atomic E-state index is 0.254. The fraction of sp³-hybridized carbons (Fsp3) is 0.318. The van der Waals surface area contributed by atoms with Crippen LogP contribution in [-0.2, 0) is 4.79 Å². The van der Waals surface area contributed by atoms with Crippen molar-refractivity contribution in [2.75, 3.05) is 14.2 Å². The molecular formula is C22H22O6. The van der Waals surface area contributed by atoms with Crippen LogP contribution in [0, 0.1) is 0 Å². The predicted molar refractivity (Wildman–Crippen MR) is 103 cm³/mol. The second-order valence-corrected chi connectivity index (χ2v) is 7.39. The Morgan fingerprint density at radius 2 is 1.79 bits per heavy atom. The van der Waals surface area contributed by atoms with Crippen LogP contribution in [0.15, 0.2) is 36.4 Å². The van der Waals surface area contributed by atoms with E-state index in [4.69, 9.17) is 18.9 Å². The number of rotatable bonds is 3. The summed E-state index contributed by atoms with van der Waals surface area (Å²) in [6.45, 7) is 3.86. The maximum Gasteiger partial charge on any atom is 0.321 e. The molecule has 2 atom stereocenters. The SMILES string of the molecule is COc1ccc(C2C(=O)Oc3cc4c(c(OC)c3C2O)C=CC(C)(C)O4)cc1. The lowest BCUT2D eigenvalue weighted by Gasteiger charge is -2.34. The summed E-state index contributed by atoms with van der Waals surface area (Å²) in [5, 5.41) is 11.1. The summed E-state index contributed by atoms with van der Waals surface area (Å²) < 4.78 is 22.3. The van der Waals surface area contributed by atoms with Gasteiger partial charge in [0.05, 0.1) is 25.3 Å². The number of carbonyl (C=O) groups excluding carboxylic acids is 1. The number of esters is 1. The third-order valence-corrected chi connectivity index (χ3v) is 5.06. The van der Waals surface area contributed by atoms with Gasteiger partial charge >= 0.3 is 5.97 Å². The van der Waals surface area contributed by atoms with Gasteiger partial charge in [-0.05, 0) is 43.7 Å². The monoisotopic (exact) mass is 382 g/mol. The summed E-state index contributed by atoms with van der Waals surface area (Å²) >= 11 is 0. The van der Waals surface area contributed by atoms with Gasteiger partial charge in [0, 0.05) is 6.07 Å². The van der Waals surface area contributed by atoms with E-state index in [-0.39, 0.29) is 5.75 Å². The fourth-order valence-corrected chi connectivity index (χ4v) is 3.67. The first-order chi connectivity index (χ1) is 13.3. The summed E-state index contributed by atoms with van der Waals surface area (Å²) in [5.41, 5.74) is 1.30. The molecule has 0 saturated heterocycles. The highest BCUT2D eigenvalue weighted by molar-refractivity contribution is 5.86. The van der Waals surface area contributed by atoms with Gasteiger partial charge in [0.2, 0.25) is 0 Å². The van der Waals surface area contributed by atoms with E-state index in [0.717, 1.165) is 0 Å². The Bertz CT molecular complexity index is 958. The highest BCUT2D eigenvalue weighted by Gasteiger charge is 2.42. The van der Waals surface area contributed by atoms with Gasteiger partial charge in [0.25, 0.3) is 0 Å². The zero-order valence-corrected chi connectivity index (χ0v) is 16.2. The van der Waals surface area contributed by atoms with Gasteiger partial charge in [-0.15, -0.1) is 0 Å². The summed E-state index contributed by atoms with van der Waals surface area (Å²) in [7, 11) is 3.09. The molecule has 0 bridgehead atoms. The van der Waals surface area contributed by atoms with Crippen molar-refractivity contribution in [3.05, 3.63) is 53.1 Å². The average Bonchev–Trinajstić information content (AvgIpc) is 2.66. The first-order valence-electron chi connectivity index (χ1n) is 9.01. The molecule has 28 heavy (non-hydrogen) atoms. The summed E-state index contributed by atoms with van der Waals surface area (Å²) in [6, 6.07) is 8.62. The molecule has 0 aliphatic carbocycles. The number of hydrogen-bond donors (Lipinski definition) is 1. The van der Waals surface area contributed by atoms with Crippen molar-refractivity contribution in [1.82, 2.24) is 0 Å². The van der Waals surface area contributed by atoms with E-state index in [9.17, 15) is 9.90 Å². The van der Waals surface area contributed by atoms with Crippen LogP contribution in [0.2, 0.25) is 0 Å². The van der Waals surface area contributed by atoms with E-state index in [0.29, 0.717) is 33.9 Å². The molecule has 1 N–H and O–H groups in total. The molecule has 6 heteroatoms. The van der Waals surface area contributed by atoms with Crippen LogP contribution in [-0.4, -0.2) is 30.9 Å². The Balaban J connectivity index is 1.82. The van der Waals surface area contributed by atoms with Crippen LogP contribution >= 0.6 is 0 Å². The van der Waals surface area contributed by atoms with Crippen molar-refractivity contribution < 1.29 is 28.8 Å². The van der Waals surface area contributed by atoms with Crippen molar-refractivity contribution in [3.8, 4) is 23.0 Å². The Morgan fingerprint density at radius 1 is 1.07 bits per heavy atom. The molecule has 2 aromatic rings. The van der Waals surface area contributed by atoms with Gasteiger partial charge in [-0.2, -0.15) is 0 Å². The minimum atomic E-state index is -1.12. The van der Waals surface area contributed by atoms with E-state index < -0.39 is 23.6 Å². The first kappa shape index (κ1) is 18.4. The third-order valence-electron chi connectivity index (χ3n) is 5.06. The lowest BCUT2D eigenvalue weighted by atomic mass is 9.85. The summed E-state index contributed by atoms with van der Waals surface area (Å²) in [6.07, 6.45) is 2.71. The van der Waals surface area contributed by atoms with Gasteiger partial charge in [-0.1, -0.05) is 12.1 Å². The van der Waals surface area contributed by atoms with Crippen molar-refractivity contribution in [2.24, 2.45) is 0 Å². The number of benzene rings is 2. The molecule has 0 amide bonds. The Labute approximate surface area is 163 Å². The highest BCUT2D eigenvalue weighted by Crippen LogP contribution is 2.51. The van der Waals surface area contributed by atoms with Gasteiger partial charge in [-0.3, -0.25) is 4.79 Å². The minimum Gasteiger partial charge on any atom is -0.497 e. The van der Waals surface area contributed by atoms with Gasteiger partial charge in [-0.25, -0.2) is 0 Å². The number of hydrogen-bond acceptors (Lipinski definition) is 6. The van der Waals surface area contributed by atoms with Crippen LogP contribution in [0.1, 0.15) is 42.6 Å². The van der Waals surface area contributed by atoms with Gasteiger partial charge in [0.1, 0.15) is 40.6 Å². The topological polar surface area (TPSA) is 74.2 Å². The second-order valence-electron chi connectivity index (χ2n) is 7.39. The molecule has 146 valence electrons. The normalized spacial score (nSPS) is 21.8. The molecule has 6 nitrogen and oxygen atoms in total. The van der Waals surface area contributed by atoms with E-state index >= 15 is 0 Å². The van der Waals surface area contributed by atoms with E-state index in [1.807, 2.05) is 26.0 Å². The van der Waals surface area contributed by atoms with Crippen LogP contribution in [0.3, 0.4) is 0 Å². The third kappa shape index (κ3) is 2.90. The van der Waals surface area contributed by atoms with Crippen LogP contribution in [0.25, 0.3) is 6.08 Å². The number of carbonyl (C=O) groups is 1. The fourth-order valence-electron chi connectivity index (χ4n) is 3.67. The lowest BCUT2D eigenvalue weighted by molar-refractivity contribution is -0.141. The van der Waals surface area contributed by atoms with Gasteiger partial charge in [0.15, 0.2) is 0 Å². The molecule has 2 aliphatic rings. The average molecular weight is 382 g/mol. The maximum atomic E-state index is 12.7. The van der Waals surface area contributed by atoms with Gasteiger partial charge < -0.3 is 24.1 Å². The van der Waals surface area contributed by atoms with E-state index in [2.05, 4.69) is 0 Å². The number of aliphatic hydroxyl groups excluding tert-OH is 1. The molecule has 0 spiro atoms. The van der Waals surface area contributed by atoms with Crippen LogP contribution < -0.4 is 18.9 Å². The number of ether oxygens (including phenoxy) is 4. The van der Waals surface area contributed by atoms with E-state index in [1.54, 1.807) is 37.4 Å². The van der Waals surface area contributed by atoms with Crippen LogP contribution in [0.4, 0.5) is 0 Å². The number of methoxy groups -OCH3 is 2. The molecule has 0 fully saturated rings. The first-order valence-corrected chi connectivity index (χ1v) is 9.01. The Morgan fingerprint density at radius 3 is 2.43 bits per heavy atom. The largest absolute Gasteiger partial charge is 0.497 e. The van der Waals surface area contributed by atoms with Crippen molar-refractivity contribution in [2.45, 2.75) is 31.5 Å². The highest BCUT2D eigenvalue weighted by atomic mass is 16.5. The van der Waals surface area contributed by atoms with Crippen molar-refractivity contribution in [1.29, 1.82) is 0 Å². The maximum absolute atomic E-state index is 12.7. The Hall–Kier alpha value is -2.99. The summed E-state index contributed by atoms with van der Waals surface area (Å²) in [5.74, 6) is 0.514. The molecule has 0 radical (unpaired) electrons. The molecule has 2 aliphatic heterocycles. The molecular weight excluding hydrogens is 360 g/mol. The van der Waals surface area contributed by atoms with Crippen molar-refractivity contribution >= 4 is 12.0 Å². The molecule has 2 heterocycles. The Kier molecular flexibility index (Phi) is 4.31. The smallest absolute Gasteiger partial charge is 0.321 e.